The molecule has 0 bridgehead atoms. The second-order valence-electron chi connectivity index (χ2n) is 4.14. The Hall–Kier alpha value is -0.810. The van der Waals surface area contributed by atoms with Crippen molar-refractivity contribution in [1.82, 2.24) is 20.2 Å². The number of hydrogen-bond acceptors (Lipinski definition) is 4. The summed E-state index contributed by atoms with van der Waals surface area (Å²) in [6.07, 6.45) is 1.72. The molecule has 6 heteroatoms. The van der Waals surface area contributed by atoms with Crippen LogP contribution in [0.15, 0.2) is 11.2 Å². The molecule has 0 unspecified atom stereocenters. The van der Waals surface area contributed by atoms with Crippen LogP contribution in [0.25, 0.3) is 11.0 Å². The molecule has 0 radical (unpaired) electrons. The highest BCUT2D eigenvalue weighted by atomic mass is 35.5. The minimum Gasteiger partial charge on any atom is -0.261 e. The van der Waals surface area contributed by atoms with Crippen molar-refractivity contribution in [3.05, 3.63) is 11.5 Å². The van der Waals surface area contributed by atoms with Gasteiger partial charge >= 0.3 is 0 Å². The highest BCUT2D eigenvalue weighted by Gasteiger charge is 2.17. The first kappa shape index (κ1) is 10.7. The second kappa shape index (κ2) is 3.64. The van der Waals surface area contributed by atoms with E-state index in [0.29, 0.717) is 5.65 Å². The fraction of sp³-hybridized carbons (Fsp3) is 0.444. The van der Waals surface area contributed by atoms with Crippen LogP contribution in [0.5, 0.6) is 0 Å². The van der Waals surface area contributed by atoms with Crippen molar-refractivity contribution in [3.63, 3.8) is 0 Å². The van der Waals surface area contributed by atoms with Crippen molar-refractivity contribution in [1.29, 1.82) is 0 Å². The predicted octanol–water partition coefficient (Wildman–Crippen LogP) is 2.90. The van der Waals surface area contributed by atoms with Gasteiger partial charge < -0.3 is 0 Å². The Morgan fingerprint density at radius 1 is 1.33 bits per heavy atom. The molecule has 1 N–H and O–H groups in total. The summed E-state index contributed by atoms with van der Waals surface area (Å²) in [4.78, 5) is 8.27. The number of thioether (sulfide) groups is 1. The van der Waals surface area contributed by atoms with Crippen molar-refractivity contribution in [2.75, 3.05) is 0 Å². The molecular weight excluding hydrogens is 232 g/mol. The Morgan fingerprint density at radius 2 is 2.07 bits per heavy atom. The number of nitrogens with one attached hydrogen (secondary N) is 1. The first-order chi connectivity index (χ1) is 6.96. The lowest BCUT2D eigenvalue weighted by Crippen LogP contribution is -2.07. The Labute approximate surface area is 96.8 Å². The van der Waals surface area contributed by atoms with Crippen LogP contribution in [-0.2, 0) is 0 Å². The number of rotatable bonds is 1. The minimum absolute atomic E-state index is 0.0852. The van der Waals surface area contributed by atoms with Crippen molar-refractivity contribution >= 4 is 34.4 Å². The van der Waals surface area contributed by atoms with Gasteiger partial charge in [-0.3, -0.25) is 5.10 Å². The van der Waals surface area contributed by atoms with E-state index in [0.717, 1.165) is 10.4 Å². The molecule has 0 fully saturated rings. The number of H-pyrrole nitrogens is 1. The van der Waals surface area contributed by atoms with E-state index in [4.69, 9.17) is 11.6 Å². The average Bonchev–Trinajstić information content (AvgIpc) is 2.48. The number of nitrogens with zero attached hydrogens (tertiary/aromatic N) is 3. The molecular formula is C9H11ClN4S. The summed E-state index contributed by atoms with van der Waals surface area (Å²) in [5, 5.41) is 8.75. The molecule has 2 aromatic rings. The summed E-state index contributed by atoms with van der Waals surface area (Å²) in [5.41, 5.74) is 0.682. The standard InChI is InChI=1S/C9H11ClN4S/c1-9(2,3)15-7-5-4-11-14-6(5)12-8(10)13-7/h4H,1-3H3,(H,11,12,13,14). The van der Waals surface area contributed by atoms with Crippen LogP contribution in [0.2, 0.25) is 5.28 Å². The Kier molecular flexibility index (Phi) is 2.60. The largest absolute Gasteiger partial charge is 0.261 e. The van der Waals surface area contributed by atoms with Gasteiger partial charge in [-0.05, 0) is 11.6 Å². The van der Waals surface area contributed by atoms with Gasteiger partial charge in [-0.25, -0.2) is 4.98 Å². The number of aromatic nitrogens is 4. The molecule has 0 aliphatic carbocycles. The zero-order chi connectivity index (χ0) is 11.1. The lowest BCUT2D eigenvalue weighted by Gasteiger charge is -2.16. The molecule has 2 heterocycles. The molecule has 2 aromatic heterocycles. The fourth-order valence-corrected chi connectivity index (χ4v) is 2.34. The third-order valence-electron chi connectivity index (χ3n) is 1.65. The number of halogens is 1. The summed E-state index contributed by atoms with van der Waals surface area (Å²) in [6.45, 7) is 6.37. The summed E-state index contributed by atoms with van der Waals surface area (Å²) >= 11 is 7.48. The van der Waals surface area contributed by atoms with Gasteiger partial charge in [0.1, 0.15) is 5.03 Å². The van der Waals surface area contributed by atoms with Gasteiger partial charge in [-0.2, -0.15) is 10.1 Å². The second-order valence-corrected chi connectivity index (χ2v) is 6.30. The Balaban J connectivity index is 2.53. The first-order valence-corrected chi connectivity index (χ1v) is 5.71. The van der Waals surface area contributed by atoms with E-state index in [1.54, 1.807) is 18.0 Å². The molecule has 0 aliphatic rings. The first-order valence-electron chi connectivity index (χ1n) is 4.51. The smallest absolute Gasteiger partial charge is 0.225 e. The molecule has 4 nitrogen and oxygen atoms in total. The topological polar surface area (TPSA) is 54.5 Å². The van der Waals surface area contributed by atoms with E-state index in [1.807, 2.05) is 0 Å². The Morgan fingerprint density at radius 3 is 2.73 bits per heavy atom. The van der Waals surface area contributed by atoms with Crippen LogP contribution in [0.1, 0.15) is 20.8 Å². The van der Waals surface area contributed by atoms with Gasteiger partial charge in [0.05, 0.1) is 11.6 Å². The zero-order valence-corrected chi connectivity index (χ0v) is 10.3. The van der Waals surface area contributed by atoms with Crippen LogP contribution < -0.4 is 0 Å². The van der Waals surface area contributed by atoms with Crippen LogP contribution >= 0.6 is 23.4 Å². The van der Waals surface area contributed by atoms with E-state index in [2.05, 4.69) is 40.9 Å². The van der Waals surface area contributed by atoms with Gasteiger partial charge in [0, 0.05) is 4.75 Å². The van der Waals surface area contributed by atoms with Crippen LogP contribution in [0.3, 0.4) is 0 Å². The molecule has 0 aromatic carbocycles. The van der Waals surface area contributed by atoms with E-state index in [-0.39, 0.29) is 10.0 Å². The number of fused-ring (bicyclic) bond motifs is 1. The maximum Gasteiger partial charge on any atom is 0.225 e. The van der Waals surface area contributed by atoms with E-state index in [1.165, 1.54) is 0 Å². The zero-order valence-electron chi connectivity index (χ0n) is 8.71. The van der Waals surface area contributed by atoms with Crippen molar-refractivity contribution in [2.24, 2.45) is 0 Å². The molecule has 15 heavy (non-hydrogen) atoms. The van der Waals surface area contributed by atoms with Crippen LogP contribution in [0, 0.1) is 0 Å². The van der Waals surface area contributed by atoms with Crippen molar-refractivity contribution in [2.45, 2.75) is 30.5 Å². The highest BCUT2D eigenvalue weighted by molar-refractivity contribution is 8.00. The summed E-state index contributed by atoms with van der Waals surface area (Å²) in [6, 6.07) is 0. The molecule has 0 spiro atoms. The summed E-state index contributed by atoms with van der Waals surface area (Å²) in [5.74, 6) is 0. The molecule has 2 rings (SSSR count). The number of hydrogen-bond donors (Lipinski definition) is 1. The maximum atomic E-state index is 5.83. The lowest BCUT2D eigenvalue weighted by molar-refractivity contribution is 0.800. The fourth-order valence-electron chi connectivity index (χ4n) is 1.15. The van der Waals surface area contributed by atoms with Crippen LogP contribution in [-0.4, -0.2) is 24.9 Å². The highest BCUT2D eigenvalue weighted by Crippen LogP contribution is 2.34. The van der Waals surface area contributed by atoms with Gasteiger partial charge in [-0.15, -0.1) is 0 Å². The van der Waals surface area contributed by atoms with E-state index < -0.39 is 0 Å². The molecule has 0 aliphatic heterocycles. The van der Waals surface area contributed by atoms with Gasteiger partial charge in [0.2, 0.25) is 5.28 Å². The van der Waals surface area contributed by atoms with E-state index >= 15 is 0 Å². The molecule has 0 saturated carbocycles. The van der Waals surface area contributed by atoms with E-state index in [9.17, 15) is 0 Å². The third-order valence-corrected chi connectivity index (χ3v) is 2.94. The van der Waals surface area contributed by atoms with Gasteiger partial charge in [0.25, 0.3) is 0 Å². The summed E-state index contributed by atoms with van der Waals surface area (Å²) in [7, 11) is 0. The predicted molar refractivity (Wildman–Crippen MR) is 62.3 cm³/mol. The third kappa shape index (κ3) is 2.41. The molecule has 0 amide bonds. The van der Waals surface area contributed by atoms with Gasteiger partial charge in [0.15, 0.2) is 5.65 Å². The normalized spacial score (nSPS) is 12.3. The maximum absolute atomic E-state index is 5.83. The quantitative estimate of drug-likeness (QED) is 0.475. The average molecular weight is 243 g/mol. The van der Waals surface area contributed by atoms with Gasteiger partial charge in [-0.1, -0.05) is 32.5 Å². The molecule has 0 atom stereocenters. The molecule has 80 valence electrons. The Bertz CT molecular complexity index is 488. The molecule has 0 saturated heterocycles. The SMILES string of the molecule is CC(C)(C)Sc1nc(Cl)nc2[nH]ncc12. The van der Waals surface area contributed by atoms with Crippen molar-refractivity contribution < 1.29 is 0 Å². The minimum atomic E-state index is 0.0852. The monoisotopic (exact) mass is 242 g/mol. The lowest BCUT2D eigenvalue weighted by atomic mass is 10.3. The van der Waals surface area contributed by atoms with Crippen LogP contribution in [0.4, 0.5) is 0 Å². The van der Waals surface area contributed by atoms with Crippen molar-refractivity contribution in [3.8, 4) is 0 Å². The number of aromatic amines is 1. The summed E-state index contributed by atoms with van der Waals surface area (Å²) < 4.78 is 0.0852.